The summed E-state index contributed by atoms with van der Waals surface area (Å²) < 4.78 is 16.4. The van der Waals surface area contributed by atoms with Gasteiger partial charge in [-0.15, -0.1) is 0 Å². The minimum atomic E-state index is 0.0700. The van der Waals surface area contributed by atoms with E-state index in [2.05, 4.69) is 4.98 Å². The Morgan fingerprint density at radius 2 is 1.74 bits per heavy atom. The molecule has 2 rings (SSSR count). The first kappa shape index (κ1) is 13.5. The maximum absolute atomic E-state index is 5.66. The van der Waals surface area contributed by atoms with Crippen LogP contribution in [0.25, 0.3) is 10.9 Å². The molecule has 1 aromatic carbocycles. The topological polar surface area (TPSA) is 40.6 Å². The van der Waals surface area contributed by atoms with Crippen LogP contribution >= 0.6 is 0 Å². The highest BCUT2D eigenvalue weighted by Gasteiger charge is 2.12. The smallest absolute Gasteiger partial charge is 0.217 e. The number of nitrogens with zero attached hydrogens (tertiary/aromatic N) is 1. The molecule has 4 heteroatoms. The lowest BCUT2D eigenvalue weighted by atomic mass is 10.1. The molecule has 0 saturated heterocycles. The van der Waals surface area contributed by atoms with Crippen LogP contribution < -0.4 is 14.2 Å². The van der Waals surface area contributed by atoms with Crippen molar-refractivity contribution < 1.29 is 14.2 Å². The summed E-state index contributed by atoms with van der Waals surface area (Å²) in [6.07, 6.45) is 0.0700. The van der Waals surface area contributed by atoms with Crippen molar-refractivity contribution in [3.05, 3.63) is 23.8 Å². The Morgan fingerprint density at radius 1 is 1.05 bits per heavy atom. The number of pyridine rings is 1. The largest absolute Gasteiger partial charge is 0.496 e. The number of aryl methyl sites for hydroxylation is 1. The van der Waals surface area contributed by atoms with Gasteiger partial charge in [0.25, 0.3) is 0 Å². The lowest BCUT2D eigenvalue weighted by molar-refractivity contribution is 0.232. The van der Waals surface area contributed by atoms with Crippen molar-refractivity contribution in [2.75, 3.05) is 14.2 Å². The fraction of sp³-hybridized carbons (Fsp3) is 0.400. The van der Waals surface area contributed by atoms with E-state index in [0.717, 1.165) is 28.0 Å². The van der Waals surface area contributed by atoms with Crippen molar-refractivity contribution in [3.8, 4) is 17.4 Å². The second-order valence-corrected chi connectivity index (χ2v) is 4.62. The van der Waals surface area contributed by atoms with Crippen molar-refractivity contribution in [2.45, 2.75) is 26.9 Å². The first-order valence-corrected chi connectivity index (χ1v) is 6.25. The fourth-order valence-electron chi connectivity index (χ4n) is 2.05. The molecule has 0 atom stereocenters. The monoisotopic (exact) mass is 261 g/mol. The summed E-state index contributed by atoms with van der Waals surface area (Å²) in [7, 11) is 3.30. The summed E-state index contributed by atoms with van der Waals surface area (Å²) >= 11 is 0. The zero-order valence-electron chi connectivity index (χ0n) is 12.0. The van der Waals surface area contributed by atoms with Crippen molar-refractivity contribution in [2.24, 2.45) is 0 Å². The Morgan fingerprint density at radius 3 is 2.32 bits per heavy atom. The summed E-state index contributed by atoms with van der Waals surface area (Å²) in [5, 5.41) is 0.955. The van der Waals surface area contributed by atoms with Gasteiger partial charge < -0.3 is 14.2 Å². The maximum Gasteiger partial charge on any atom is 0.217 e. The zero-order valence-corrected chi connectivity index (χ0v) is 12.0. The molecule has 4 nitrogen and oxygen atoms in total. The molecule has 0 aliphatic rings. The molecular formula is C15H19NO3. The summed E-state index contributed by atoms with van der Waals surface area (Å²) in [5.74, 6) is 2.13. The van der Waals surface area contributed by atoms with Crippen LogP contribution in [-0.2, 0) is 0 Å². The molecular weight excluding hydrogens is 242 g/mol. The first-order valence-electron chi connectivity index (χ1n) is 6.25. The minimum Gasteiger partial charge on any atom is -0.496 e. The van der Waals surface area contributed by atoms with Gasteiger partial charge >= 0.3 is 0 Å². The Hall–Kier alpha value is -1.97. The molecule has 0 bridgehead atoms. The van der Waals surface area contributed by atoms with Crippen molar-refractivity contribution in [1.29, 1.82) is 0 Å². The molecule has 0 spiro atoms. The van der Waals surface area contributed by atoms with Gasteiger partial charge in [0.1, 0.15) is 11.5 Å². The van der Waals surface area contributed by atoms with Crippen LogP contribution in [-0.4, -0.2) is 25.3 Å². The van der Waals surface area contributed by atoms with E-state index in [1.165, 1.54) is 0 Å². The molecule has 1 aromatic heterocycles. The van der Waals surface area contributed by atoms with E-state index in [9.17, 15) is 0 Å². The number of hydrogen-bond donors (Lipinski definition) is 0. The lowest BCUT2D eigenvalue weighted by Gasteiger charge is -2.14. The molecule has 0 radical (unpaired) electrons. The van der Waals surface area contributed by atoms with Crippen LogP contribution in [0.4, 0.5) is 0 Å². The molecule has 19 heavy (non-hydrogen) atoms. The predicted octanol–water partition coefficient (Wildman–Crippen LogP) is 3.35. The molecule has 0 aliphatic carbocycles. The van der Waals surface area contributed by atoms with Gasteiger partial charge in [0.15, 0.2) is 0 Å². The van der Waals surface area contributed by atoms with Gasteiger partial charge in [-0.2, -0.15) is 0 Å². The maximum atomic E-state index is 5.66. The van der Waals surface area contributed by atoms with E-state index in [1.54, 1.807) is 14.2 Å². The normalized spacial score (nSPS) is 10.8. The van der Waals surface area contributed by atoms with Crippen molar-refractivity contribution in [1.82, 2.24) is 4.98 Å². The zero-order chi connectivity index (χ0) is 14.0. The molecule has 0 N–H and O–H groups in total. The molecule has 0 saturated carbocycles. The van der Waals surface area contributed by atoms with E-state index in [-0.39, 0.29) is 6.10 Å². The molecule has 102 valence electrons. The van der Waals surface area contributed by atoms with Crippen molar-refractivity contribution >= 4 is 10.9 Å². The van der Waals surface area contributed by atoms with E-state index in [1.807, 2.05) is 39.0 Å². The van der Waals surface area contributed by atoms with E-state index < -0.39 is 0 Å². The average molecular weight is 261 g/mol. The highest BCUT2D eigenvalue weighted by molar-refractivity contribution is 5.89. The number of hydrogen-bond acceptors (Lipinski definition) is 4. The summed E-state index contributed by atoms with van der Waals surface area (Å²) in [4.78, 5) is 4.55. The predicted molar refractivity (Wildman–Crippen MR) is 75.3 cm³/mol. The fourth-order valence-corrected chi connectivity index (χ4v) is 2.05. The van der Waals surface area contributed by atoms with Gasteiger partial charge in [-0.3, -0.25) is 0 Å². The standard InChI is InChI=1S/C15H19NO3/c1-9(2)19-14-8-13(18-5)11-6-7-12(17-4)10(3)15(11)16-14/h6-9H,1-5H3. The van der Waals surface area contributed by atoms with Gasteiger partial charge in [-0.05, 0) is 32.9 Å². The summed E-state index contributed by atoms with van der Waals surface area (Å²) in [5.41, 5.74) is 1.82. The van der Waals surface area contributed by atoms with Crippen LogP contribution in [0.1, 0.15) is 19.4 Å². The number of methoxy groups -OCH3 is 2. The SMILES string of the molecule is COc1ccc2c(OC)cc(OC(C)C)nc2c1C. The van der Waals surface area contributed by atoms with Crippen molar-refractivity contribution in [3.63, 3.8) is 0 Å². The number of fused-ring (bicyclic) bond motifs is 1. The van der Waals surface area contributed by atoms with E-state index in [0.29, 0.717) is 5.88 Å². The van der Waals surface area contributed by atoms with Crippen LogP contribution in [0.5, 0.6) is 17.4 Å². The third kappa shape index (κ3) is 2.57. The summed E-state index contributed by atoms with van der Waals surface area (Å²) in [6, 6.07) is 5.69. The molecule has 2 aromatic rings. The highest BCUT2D eigenvalue weighted by atomic mass is 16.5. The average Bonchev–Trinajstić information content (AvgIpc) is 2.38. The summed E-state index contributed by atoms with van der Waals surface area (Å²) in [6.45, 7) is 5.92. The Balaban J connectivity index is 2.67. The van der Waals surface area contributed by atoms with Gasteiger partial charge in [-0.25, -0.2) is 4.98 Å². The Bertz CT molecular complexity index is 593. The Kier molecular flexibility index (Phi) is 3.79. The Labute approximate surface area is 113 Å². The second-order valence-electron chi connectivity index (χ2n) is 4.62. The van der Waals surface area contributed by atoms with Crippen LogP contribution in [0.15, 0.2) is 18.2 Å². The van der Waals surface area contributed by atoms with Gasteiger partial charge in [-0.1, -0.05) is 0 Å². The van der Waals surface area contributed by atoms with Crippen LogP contribution in [0.3, 0.4) is 0 Å². The number of ether oxygens (including phenoxy) is 3. The lowest BCUT2D eigenvalue weighted by Crippen LogP contribution is -2.07. The number of rotatable bonds is 4. The third-order valence-electron chi connectivity index (χ3n) is 2.92. The van der Waals surface area contributed by atoms with Gasteiger partial charge in [0, 0.05) is 17.0 Å². The molecule has 0 fully saturated rings. The third-order valence-corrected chi connectivity index (χ3v) is 2.92. The molecule has 1 heterocycles. The number of benzene rings is 1. The molecule has 0 amide bonds. The first-order chi connectivity index (χ1) is 9.06. The van der Waals surface area contributed by atoms with Crippen LogP contribution in [0, 0.1) is 6.92 Å². The number of aromatic nitrogens is 1. The molecule has 0 aliphatic heterocycles. The second kappa shape index (κ2) is 5.34. The van der Waals surface area contributed by atoms with Gasteiger partial charge in [0.2, 0.25) is 5.88 Å². The quantitative estimate of drug-likeness (QED) is 0.846. The highest BCUT2D eigenvalue weighted by Crippen LogP contribution is 2.34. The van der Waals surface area contributed by atoms with Crippen LogP contribution in [0.2, 0.25) is 0 Å². The van der Waals surface area contributed by atoms with E-state index in [4.69, 9.17) is 14.2 Å². The minimum absolute atomic E-state index is 0.0700. The van der Waals surface area contributed by atoms with E-state index >= 15 is 0 Å². The molecule has 0 unspecified atom stereocenters. The van der Waals surface area contributed by atoms with Gasteiger partial charge in [0.05, 0.1) is 25.8 Å².